The topological polar surface area (TPSA) is 173 Å². The minimum Gasteiger partial charge on any atom is -0.462 e. The number of halogens is 4. The molecule has 0 unspecified atom stereocenters. The highest BCUT2D eigenvalue weighted by molar-refractivity contribution is 7.52. The van der Waals surface area contributed by atoms with Crippen LogP contribution in [0.15, 0.2) is 43.0 Å². The van der Waals surface area contributed by atoms with E-state index in [0.29, 0.717) is 4.57 Å². The Morgan fingerprint density at radius 2 is 1.90 bits per heavy atom. The van der Waals surface area contributed by atoms with Gasteiger partial charge in [0.25, 0.3) is 6.43 Å². The summed E-state index contributed by atoms with van der Waals surface area (Å²) in [6, 6.07) is 5.93. The summed E-state index contributed by atoms with van der Waals surface area (Å²) < 4.78 is 94.9. The highest BCUT2D eigenvalue weighted by atomic mass is 31.2. The third-order valence-electron chi connectivity index (χ3n) is 5.98. The van der Waals surface area contributed by atoms with Crippen LogP contribution in [-0.4, -0.2) is 73.4 Å². The van der Waals surface area contributed by atoms with E-state index >= 15 is 8.78 Å². The number of aliphatic hydroxyl groups excluding tert-OH is 1. The van der Waals surface area contributed by atoms with Crippen molar-refractivity contribution in [2.24, 2.45) is 0 Å². The fourth-order valence-electron chi connectivity index (χ4n) is 3.96. The minimum atomic E-state index is -4.80. The number of alkyl halides is 4. The van der Waals surface area contributed by atoms with E-state index in [-0.39, 0.29) is 22.7 Å². The molecule has 5 atom stereocenters. The van der Waals surface area contributed by atoms with Crippen LogP contribution in [0.2, 0.25) is 0 Å². The highest BCUT2D eigenvalue weighted by Gasteiger charge is 2.71. The van der Waals surface area contributed by atoms with Gasteiger partial charge in [-0.3, -0.25) is 13.9 Å². The number of fused-ring (bicyclic) bond motifs is 1. The Morgan fingerprint density at radius 1 is 1.22 bits per heavy atom. The first kappa shape index (κ1) is 30.6. The Bertz CT molecular complexity index is 1430. The first-order valence-electron chi connectivity index (χ1n) is 12.1. The number of rotatable bonds is 11. The number of nitrogens with one attached hydrogen (secondary N) is 1. The summed E-state index contributed by atoms with van der Waals surface area (Å²) in [5.74, 6) is -5.49. The molecule has 4 rings (SSSR count). The first-order valence-corrected chi connectivity index (χ1v) is 13.7. The summed E-state index contributed by atoms with van der Waals surface area (Å²) in [5.41, 5.74) is 1.86. The number of carbonyl (C=O) groups is 1. The number of aromatic nitrogens is 4. The molecular formula is C23H27F4N6O7P. The van der Waals surface area contributed by atoms with E-state index in [1.165, 1.54) is 31.2 Å². The van der Waals surface area contributed by atoms with Gasteiger partial charge in [-0.1, -0.05) is 18.2 Å². The molecule has 224 valence electrons. The van der Waals surface area contributed by atoms with Gasteiger partial charge in [-0.15, -0.1) is 0 Å². The van der Waals surface area contributed by atoms with Crippen LogP contribution >= 0.6 is 7.75 Å². The van der Waals surface area contributed by atoms with Gasteiger partial charge in [0.2, 0.25) is 6.23 Å². The van der Waals surface area contributed by atoms with E-state index in [9.17, 15) is 23.2 Å². The van der Waals surface area contributed by atoms with Gasteiger partial charge in [-0.25, -0.2) is 28.3 Å². The van der Waals surface area contributed by atoms with Crippen molar-refractivity contribution >= 4 is 30.7 Å². The summed E-state index contributed by atoms with van der Waals surface area (Å²) in [4.78, 5) is 23.7. The number of nitrogens with zero attached hydrogens (tertiary/aromatic N) is 4. The van der Waals surface area contributed by atoms with Gasteiger partial charge in [0.05, 0.1) is 19.0 Å². The number of nitrogens with two attached hydrogens (primary N) is 1. The Kier molecular flexibility index (Phi) is 8.57. The van der Waals surface area contributed by atoms with Crippen molar-refractivity contribution in [1.82, 2.24) is 24.6 Å². The molecule has 3 heterocycles. The van der Waals surface area contributed by atoms with Gasteiger partial charge in [0.15, 0.2) is 23.2 Å². The normalized spacial score (nSPS) is 24.4. The van der Waals surface area contributed by atoms with Crippen LogP contribution < -0.4 is 15.3 Å². The van der Waals surface area contributed by atoms with Crippen LogP contribution in [0.3, 0.4) is 0 Å². The number of aliphatic hydroxyl groups is 1. The smallest absolute Gasteiger partial charge is 0.459 e. The first-order chi connectivity index (χ1) is 19.2. The molecule has 1 saturated heterocycles. The summed E-state index contributed by atoms with van der Waals surface area (Å²) in [6.07, 6.45) is -8.32. The van der Waals surface area contributed by atoms with Crippen LogP contribution in [0, 0.1) is 0 Å². The Labute approximate surface area is 230 Å². The van der Waals surface area contributed by atoms with Crippen molar-refractivity contribution in [3.05, 3.63) is 43.0 Å². The SMILES string of the molecule is CC(C)OC(=O)[C@H](C)N[P@](=O)(OC[C@@]1(C(F)F)O[C@@H](n2cnc3c(N)ncnc32)C(F)(F)[C@H]1O)Oc1ccccc1. The molecule has 1 aromatic carbocycles. The summed E-state index contributed by atoms with van der Waals surface area (Å²) in [7, 11) is -4.80. The quantitative estimate of drug-likeness (QED) is 0.166. The monoisotopic (exact) mass is 606 g/mol. The second-order valence-electron chi connectivity index (χ2n) is 9.40. The molecule has 41 heavy (non-hydrogen) atoms. The van der Waals surface area contributed by atoms with Crippen molar-refractivity contribution in [2.75, 3.05) is 12.3 Å². The molecule has 0 saturated carbocycles. The van der Waals surface area contributed by atoms with Gasteiger partial charge in [-0.05, 0) is 32.9 Å². The number of nitrogen functional groups attached to an aromatic ring is 1. The van der Waals surface area contributed by atoms with Crippen LogP contribution in [0.25, 0.3) is 11.2 Å². The molecule has 1 aliphatic heterocycles. The molecule has 1 fully saturated rings. The standard InChI is InChI=1S/C23H27F4N6O7P/c1-12(2)38-18(34)13(3)32-41(36,40-14-7-5-4-6-8-14)37-9-22(20(24)25)19(35)23(26,27)21(39-22)33-11-31-15-16(28)29-10-30-17(15)33/h4-8,10-13,19-21,35H,9H2,1-3H3,(H,32,36)(H2,28,29,30)/t13-,19-,21+,22+,41-/m0/s1. The molecule has 0 radical (unpaired) electrons. The Morgan fingerprint density at radius 3 is 2.54 bits per heavy atom. The number of esters is 1. The zero-order valence-electron chi connectivity index (χ0n) is 21.9. The van der Waals surface area contributed by atoms with Crippen molar-refractivity contribution < 1.29 is 50.5 Å². The predicted octanol–water partition coefficient (Wildman–Crippen LogP) is 3.07. The lowest BCUT2D eigenvalue weighted by Crippen LogP contribution is -2.54. The maximum atomic E-state index is 15.4. The molecule has 0 aliphatic carbocycles. The summed E-state index contributed by atoms with van der Waals surface area (Å²) in [5, 5.41) is 12.8. The van der Waals surface area contributed by atoms with E-state index in [1.54, 1.807) is 19.9 Å². The number of benzene rings is 1. The fraction of sp³-hybridized carbons (Fsp3) is 0.478. The van der Waals surface area contributed by atoms with E-state index in [4.69, 9.17) is 24.3 Å². The maximum absolute atomic E-state index is 15.4. The van der Waals surface area contributed by atoms with E-state index < -0.39 is 62.7 Å². The van der Waals surface area contributed by atoms with E-state index in [0.717, 1.165) is 12.7 Å². The number of para-hydroxylation sites is 1. The van der Waals surface area contributed by atoms with Crippen molar-refractivity contribution in [3.63, 3.8) is 0 Å². The molecule has 4 N–H and O–H groups in total. The predicted molar refractivity (Wildman–Crippen MR) is 134 cm³/mol. The van der Waals surface area contributed by atoms with Crippen LogP contribution in [0.5, 0.6) is 5.75 Å². The second kappa shape index (κ2) is 11.5. The maximum Gasteiger partial charge on any atom is 0.459 e. The molecule has 2 aromatic heterocycles. The zero-order valence-corrected chi connectivity index (χ0v) is 22.8. The number of imidazole rings is 1. The number of anilines is 1. The van der Waals surface area contributed by atoms with Crippen molar-refractivity contribution in [2.45, 2.75) is 63.2 Å². The second-order valence-corrected chi connectivity index (χ2v) is 11.1. The van der Waals surface area contributed by atoms with E-state index in [2.05, 4.69) is 20.0 Å². The number of hydrogen-bond donors (Lipinski definition) is 3. The number of carbonyl (C=O) groups excluding carboxylic acids is 1. The Hall–Kier alpha value is -3.37. The van der Waals surface area contributed by atoms with Crippen molar-refractivity contribution in [1.29, 1.82) is 0 Å². The number of hydrogen-bond acceptors (Lipinski definition) is 11. The molecule has 3 aromatic rings. The van der Waals surface area contributed by atoms with Crippen LogP contribution in [-0.2, 0) is 23.4 Å². The lowest BCUT2D eigenvalue weighted by atomic mass is 9.96. The largest absolute Gasteiger partial charge is 0.462 e. The lowest BCUT2D eigenvalue weighted by molar-refractivity contribution is -0.191. The third-order valence-corrected chi connectivity index (χ3v) is 7.61. The molecular weight excluding hydrogens is 579 g/mol. The fourth-order valence-corrected chi connectivity index (χ4v) is 5.49. The molecule has 0 bridgehead atoms. The van der Waals surface area contributed by atoms with Gasteiger partial charge >= 0.3 is 19.6 Å². The van der Waals surface area contributed by atoms with Crippen LogP contribution in [0.4, 0.5) is 23.4 Å². The molecule has 0 amide bonds. The molecule has 18 heteroatoms. The van der Waals surface area contributed by atoms with E-state index in [1.807, 2.05) is 0 Å². The number of ether oxygens (including phenoxy) is 2. The van der Waals surface area contributed by atoms with Crippen LogP contribution in [0.1, 0.15) is 27.0 Å². The third kappa shape index (κ3) is 5.99. The minimum absolute atomic E-state index is 0.0721. The van der Waals surface area contributed by atoms with Gasteiger partial charge in [-0.2, -0.15) is 13.9 Å². The average molecular weight is 606 g/mol. The lowest BCUT2D eigenvalue weighted by Gasteiger charge is -2.32. The van der Waals surface area contributed by atoms with Crippen molar-refractivity contribution in [3.8, 4) is 5.75 Å². The molecule has 0 spiro atoms. The molecule has 1 aliphatic rings. The zero-order chi connectivity index (χ0) is 30.2. The summed E-state index contributed by atoms with van der Waals surface area (Å²) in [6.45, 7) is 2.80. The van der Waals surface area contributed by atoms with Gasteiger partial charge in [0, 0.05) is 0 Å². The van der Waals surface area contributed by atoms with Gasteiger partial charge < -0.3 is 24.8 Å². The highest BCUT2D eigenvalue weighted by Crippen LogP contribution is 2.54. The molecule has 13 nitrogen and oxygen atoms in total. The average Bonchev–Trinajstić information content (AvgIpc) is 3.41. The Balaban J connectivity index is 1.66. The van der Waals surface area contributed by atoms with Gasteiger partial charge in [0.1, 0.15) is 23.6 Å². The summed E-state index contributed by atoms with van der Waals surface area (Å²) >= 11 is 0.